The van der Waals surface area contributed by atoms with Crippen LogP contribution < -0.4 is 4.90 Å². The number of anilines is 1. The highest BCUT2D eigenvalue weighted by Gasteiger charge is 2.29. The van der Waals surface area contributed by atoms with Gasteiger partial charge in [-0.25, -0.2) is 9.78 Å². The van der Waals surface area contributed by atoms with Crippen LogP contribution in [0.1, 0.15) is 22.3 Å². The summed E-state index contributed by atoms with van der Waals surface area (Å²) in [7, 11) is 0. The average Bonchev–Trinajstić information content (AvgIpc) is 3.43. The number of nitrogens with zero attached hydrogens (tertiary/aromatic N) is 3. The summed E-state index contributed by atoms with van der Waals surface area (Å²) >= 11 is 2.88. The number of para-hydroxylation sites is 1. The number of hydrogen-bond donors (Lipinski definition) is 0. The van der Waals surface area contributed by atoms with Crippen molar-refractivity contribution in [1.29, 1.82) is 0 Å². The van der Waals surface area contributed by atoms with Gasteiger partial charge in [-0.3, -0.25) is 4.79 Å². The molecule has 1 amide bonds. The number of carbonyl (C=O) groups excluding carboxylic acids is 2. The normalized spacial score (nSPS) is 15.1. The van der Waals surface area contributed by atoms with E-state index in [1.807, 2.05) is 35.7 Å². The van der Waals surface area contributed by atoms with Gasteiger partial charge in [0.05, 0.1) is 10.6 Å². The van der Waals surface area contributed by atoms with Crippen LogP contribution in [0.5, 0.6) is 0 Å². The van der Waals surface area contributed by atoms with E-state index in [1.54, 1.807) is 30.1 Å². The summed E-state index contributed by atoms with van der Waals surface area (Å²) in [5.74, 6) is -0.645. The number of carbonyl (C=O) groups is 2. The molecular formula is C22H23N3O3S2. The van der Waals surface area contributed by atoms with Gasteiger partial charge in [-0.15, -0.1) is 22.7 Å². The first-order chi connectivity index (χ1) is 14.5. The molecule has 0 aliphatic carbocycles. The third-order valence-corrected chi connectivity index (χ3v) is 7.23. The van der Waals surface area contributed by atoms with Crippen molar-refractivity contribution in [1.82, 2.24) is 9.88 Å². The van der Waals surface area contributed by atoms with E-state index >= 15 is 0 Å². The Kier molecular flexibility index (Phi) is 6.15. The molecule has 1 fully saturated rings. The molecule has 1 aromatic carbocycles. The number of ether oxygens (including phenoxy) is 1. The van der Waals surface area contributed by atoms with Crippen molar-refractivity contribution in [3.63, 3.8) is 0 Å². The maximum Gasteiger partial charge on any atom is 0.351 e. The summed E-state index contributed by atoms with van der Waals surface area (Å²) in [4.78, 5) is 35.4. The molecule has 3 heterocycles. The highest BCUT2D eigenvalue weighted by atomic mass is 32.1. The molecule has 1 aliphatic rings. The highest BCUT2D eigenvalue weighted by molar-refractivity contribution is 7.22. The van der Waals surface area contributed by atoms with Crippen LogP contribution in [0.2, 0.25) is 0 Å². The number of thiophene rings is 1. The Labute approximate surface area is 183 Å². The molecule has 1 unspecified atom stereocenters. The maximum atomic E-state index is 12.8. The van der Waals surface area contributed by atoms with Gasteiger partial charge in [-0.2, -0.15) is 0 Å². The molecule has 0 spiro atoms. The molecule has 0 bridgehead atoms. The Morgan fingerprint density at radius 1 is 1.07 bits per heavy atom. The van der Waals surface area contributed by atoms with E-state index in [0.29, 0.717) is 23.7 Å². The van der Waals surface area contributed by atoms with Crippen LogP contribution in [0.4, 0.5) is 5.69 Å². The number of hydrogen-bond acceptors (Lipinski definition) is 7. The van der Waals surface area contributed by atoms with Gasteiger partial charge in [-0.1, -0.05) is 24.3 Å². The number of thiazole rings is 1. The number of rotatable bonds is 5. The second-order valence-corrected chi connectivity index (χ2v) is 9.05. The van der Waals surface area contributed by atoms with E-state index in [9.17, 15) is 9.59 Å². The number of esters is 1. The fourth-order valence-corrected chi connectivity index (χ4v) is 5.18. The lowest BCUT2D eigenvalue weighted by Gasteiger charge is -2.37. The predicted molar refractivity (Wildman–Crippen MR) is 120 cm³/mol. The Bertz CT molecular complexity index is 1010. The van der Waals surface area contributed by atoms with Crippen molar-refractivity contribution in [2.45, 2.75) is 20.0 Å². The van der Waals surface area contributed by atoms with E-state index in [1.165, 1.54) is 11.3 Å². The van der Waals surface area contributed by atoms with Crippen LogP contribution >= 0.6 is 22.7 Å². The smallest absolute Gasteiger partial charge is 0.351 e. The summed E-state index contributed by atoms with van der Waals surface area (Å²) < 4.78 is 5.50. The zero-order valence-corrected chi connectivity index (χ0v) is 18.5. The van der Waals surface area contributed by atoms with Crippen LogP contribution in [0.25, 0.3) is 9.88 Å². The molecule has 1 atom stereocenters. The Balaban J connectivity index is 1.34. The minimum absolute atomic E-state index is 0.156. The molecule has 6 nitrogen and oxygen atoms in total. The first-order valence-corrected chi connectivity index (χ1v) is 11.5. The summed E-state index contributed by atoms with van der Waals surface area (Å²) in [6.45, 7) is 6.17. The number of benzene rings is 1. The number of aryl methyl sites for hydroxylation is 1. The van der Waals surface area contributed by atoms with Crippen LogP contribution in [-0.4, -0.2) is 54.0 Å². The lowest BCUT2D eigenvalue weighted by molar-refractivity contribution is -0.140. The van der Waals surface area contributed by atoms with Gasteiger partial charge in [0.15, 0.2) is 6.10 Å². The van der Waals surface area contributed by atoms with Crippen molar-refractivity contribution in [2.24, 2.45) is 0 Å². The molecule has 1 saturated heterocycles. The molecule has 8 heteroatoms. The molecule has 0 N–H and O–H groups in total. The van der Waals surface area contributed by atoms with E-state index in [4.69, 9.17) is 4.74 Å². The maximum absolute atomic E-state index is 12.8. The van der Waals surface area contributed by atoms with Crippen molar-refractivity contribution >= 4 is 40.2 Å². The van der Waals surface area contributed by atoms with Crippen LogP contribution in [0.15, 0.2) is 47.8 Å². The monoisotopic (exact) mass is 441 g/mol. The first kappa shape index (κ1) is 20.6. The molecule has 2 aromatic heterocycles. The SMILES string of the molecule is Cc1nc(-c2cccs2)sc1C(=O)OC(C)C(=O)N1CCN(c2ccccc2)CC1. The van der Waals surface area contributed by atoms with Gasteiger partial charge in [0.2, 0.25) is 0 Å². The lowest BCUT2D eigenvalue weighted by Crippen LogP contribution is -2.51. The van der Waals surface area contributed by atoms with Gasteiger partial charge >= 0.3 is 5.97 Å². The summed E-state index contributed by atoms with van der Waals surface area (Å²) in [5.41, 5.74) is 1.79. The molecule has 0 saturated carbocycles. The summed E-state index contributed by atoms with van der Waals surface area (Å²) in [6.07, 6.45) is -0.826. The fourth-order valence-electron chi connectivity index (χ4n) is 3.44. The Morgan fingerprint density at radius 2 is 1.80 bits per heavy atom. The minimum atomic E-state index is -0.826. The second kappa shape index (κ2) is 8.97. The van der Waals surface area contributed by atoms with Crippen LogP contribution in [-0.2, 0) is 9.53 Å². The minimum Gasteiger partial charge on any atom is -0.448 e. The van der Waals surface area contributed by atoms with Crippen molar-refractivity contribution < 1.29 is 14.3 Å². The number of piperazine rings is 1. The van der Waals surface area contributed by atoms with Gasteiger partial charge in [-0.05, 0) is 37.4 Å². The molecule has 0 radical (unpaired) electrons. The third kappa shape index (κ3) is 4.39. The van der Waals surface area contributed by atoms with Gasteiger partial charge in [0.25, 0.3) is 5.91 Å². The van der Waals surface area contributed by atoms with Gasteiger partial charge in [0.1, 0.15) is 9.88 Å². The van der Waals surface area contributed by atoms with Crippen LogP contribution in [0.3, 0.4) is 0 Å². The number of amides is 1. The largest absolute Gasteiger partial charge is 0.448 e. The predicted octanol–water partition coefficient (Wildman–Crippen LogP) is 4.07. The molecule has 156 valence electrons. The van der Waals surface area contributed by atoms with Crippen molar-refractivity contribution in [2.75, 3.05) is 31.1 Å². The van der Waals surface area contributed by atoms with Gasteiger partial charge < -0.3 is 14.5 Å². The van der Waals surface area contributed by atoms with E-state index in [0.717, 1.165) is 28.7 Å². The molecule has 1 aliphatic heterocycles. The lowest BCUT2D eigenvalue weighted by atomic mass is 10.2. The van der Waals surface area contributed by atoms with Gasteiger partial charge in [0, 0.05) is 31.9 Å². The molecule has 4 rings (SSSR count). The average molecular weight is 442 g/mol. The Morgan fingerprint density at radius 3 is 2.47 bits per heavy atom. The molecular weight excluding hydrogens is 418 g/mol. The van der Waals surface area contributed by atoms with Crippen molar-refractivity contribution in [3.8, 4) is 9.88 Å². The molecule has 30 heavy (non-hydrogen) atoms. The van der Waals surface area contributed by atoms with E-state index in [2.05, 4.69) is 22.0 Å². The topological polar surface area (TPSA) is 62.7 Å². The second-order valence-electron chi connectivity index (χ2n) is 7.11. The highest BCUT2D eigenvalue weighted by Crippen LogP contribution is 2.31. The zero-order chi connectivity index (χ0) is 21.1. The molecule has 3 aromatic rings. The number of aromatic nitrogens is 1. The third-order valence-electron chi connectivity index (χ3n) is 5.06. The van der Waals surface area contributed by atoms with E-state index < -0.39 is 12.1 Å². The quantitative estimate of drug-likeness (QED) is 0.559. The zero-order valence-electron chi connectivity index (χ0n) is 16.9. The summed E-state index contributed by atoms with van der Waals surface area (Å²) in [6, 6.07) is 14.1. The Hall–Kier alpha value is -2.71. The fraction of sp³-hybridized carbons (Fsp3) is 0.318. The summed E-state index contributed by atoms with van der Waals surface area (Å²) in [5, 5.41) is 2.77. The standard InChI is InChI=1S/C22H23N3O3S2/c1-15-19(30-20(23-15)18-9-6-14-29-18)22(27)28-16(2)21(26)25-12-10-24(11-13-25)17-7-4-3-5-8-17/h3-9,14,16H,10-13H2,1-2H3. The first-order valence-electron chi connectivity index (χ1n) is 9.84. The van der Waals surface area contributed by atoms with Crippen LogP contribution in [0, 0.1) is 6.92 Å². The van der Waals surface area contributed by atoms with E-state index in [-0.39, 0.29) is 5.91 Å². The van der Waals surface area contributed by atoms with Crippen molar-refractivity contribution in [3.05, 3.63) is 58.4 Å².